The van der Waals surface area contributed by atoms with Crippen molar-refractivity contribution in [2.75, 3.05) is 7.11 Å². The number of ether oxygens (including phenoxy) is 1. The molecule has 1 aromatic rings. The number of carbonyl (C=O) groups is 1. The fourth-order valence-corrected chi connectivity index (χ4v) is 2.16. The fourth-order valence-electron chi connectivity index (χ4n) is 2.16. The second kappa shape index (κ2) is 4.71. The van der Waals surface area contributed by atoms with Crippen molar-refractivity contribution in [2.45, 2.75) is 38.0 Å². The molecule has 2 rings (SSSR count). The van der Waals surface area contributed by atoms with Crippen LogP contribution in [0.2, 0.25) is 0 Å². The molecule has 4 nitrogen and oxygen atoms in total. The average molecular weight is 249 g/mol. The first kappa shape index (κ1) is 13.1. The van der Waals surface area contributed by atoms with Gasteiger partial charge in [-0.1, -0.05) is 24.3 Å². The second-order valence-corrected chi connectivity index (χ2v) is 5.14. The third kappa shape index (κ3) is 2.26. The summed E-state index contributed by atoms with van der Waals surface area (Å²) in [7, 11) is 1.50. The maximum absolute atomic E-state index is 12.1. The predicted octanol–water partition coefficient (Wildman–Crippen LogP) is 1.19. The van der Waals surface area contributed by atoms with E-state index in [1.807, 2.05) is 24.3 Å². The number of hydrogen-bond acceptors (Lipinski definition) is 3. The standard InChI is InChI=1S/C14H19NO3/c1-14(2,18-3)13(17)15-12-10-7-5-4-6-9(10)8-11(12)16/h4-7,11-12,16H,8H2,1-3H3,(H,15,17)/t11-,12+/m1/s1. The molecule has 1 aliphatic carbocycles. The third-order valence-electron chi connectivity index (χ3n) is 3.55. The zero-order valence-corrected chi connectivity index (χ0v) is 10.9. The van der Waals surface area contributed by atoms with E-state index in [0.717, 1.165) is 11.1 Å². The van der Waals surface area contributed by atoms with E-state index < -0.39 is 11.7 Å². The van der Waals surface area contributed by atoms with Crippen molar-refractivity contribution in [1.29, 1.82) is 0 Å². The minimum Gasteiger partial charge on any atom is -0.390 e. The molecule has 0 saturated carbocycles. The molecule has 2 N–H and O–H groups in total. The number of rotatable bonds is 3. The van der Waals surface area contributed by atoms with Crippen molar-refractivity contribution >= 4 is 5.91 Å². The number of hydrogen-bond donors (Lipinski definition) is 2. The van der Waals surface area contributed by atoms with Gasteiger partial charge in [-0.3, -0.25) is 4.79 Å². The van der Waals surface area contributed by atoms with Gasteiger partial charge in [0.2, 0.25) is 0 Å². The Labute approximate surface area is 107 Å². The smallest absolute Gasteiger partial charge is 0.252 e. The predicted molar refractivity (Wildman–Crippen MR) is 68.1 cm³/mol. The van der Waals surface area contributed by atoms with Crippen molar-refractivity contribution in [1.82, 2.24) is 5.32 Å². The molecular formula is C14H19NO3. The van der Waals surface area contributed by atoms with E-state index in [2.05, 4.69) is 5.32 Å². The van der Waals surface area contributed by atoms with E-state index in [-0.39, 0.29) is 11.9 Å². The van der Waals surface area contributed by atoms with Crippen LogP contribution in [0.25, 0.3) is 0 Å². The summed E-state index contributed by atoms with van der Waals surface area (Å²) in [5.41, 5.74) is 1.19. The Kier molecular flexibility index (Phi) is 3.41. The first-order valence-electron chi connectivity index (χ1n) is 6.07. The van der Waals surface area contributed by atoms with E-state index >= 15 is 0 Å². The summed E-state index contributed by atoms with van der Waals surface area (Å²) in [6, 6.07) is 7.43. The van der Waals surface area contributed by atoms with Gasteiger partial charge in [0.05, 0.1) is 12.1 Å². The molecule has 98 valence electrons. The summed E-state index contributed by atoms with van der Waals surface area (Å²) < 4.78 is 5.14. The maximum atomic E-state index is 12.1. The van der Waals surface area contributed by atoms with Gasteiger partial charge in [-0.2, -0.15) is 0 Å². The number of nitrogens with one attached hydrogen (secondary N) is 1. The van der Waals surface area contributed by atoms with Gasteiger partial charge in [0.15, 0.2) is 0 Å². The molecule has 0 aliphatic heterocycles. The van der Waals surface area contributed by atoms with Gasteiger partial charge in [0, 0.05) is 13.5 Å². The Balaban J connectivity index is 2.18. The molecule has 0 saturated heterocycles. The van der Waals surface area contributed by atoms with E-state index in [0.29, 0.717) is 6.42 Å². The number of amides is 1. The molecule has 0 spiro atoms. The molecule has 0 aromatic heterocycles. The van der Waals surface area contributed by atoms with Gasteiger partial charge < -0.3 is 15.2 Å². The lowest BCUT2D eigenvalue weighted by Gasteiger charge is -2.26. The van der Waals surface area contributed by atoms with Crippen LogP contribution in [0.3, 0.4) is 0 Å². The van der Waals surface area contributed by atoms with Crippen molar-refractivity contribution < 1.29 is 14.6 Å². The van der Waals surface area contributed by atoms with Crippen molar-refractivity contribution in [2.24, 2.45) is 0 Å². The molecule has 0 fully saturated rings. The number of carbonyl (C=O) groups excluding carboxylic acids is 1. The van der Waals surface area contributed by atoms with Crippen LogP contribution in [0.5, 0.6) is 0 Å². The highest BCUT2D eigenvalue weighted by atomic mass is 16.5. The highest BCUT2D eigenvalue weighted by Crippen LogP contribution is 2.31. The molecule has 0 unspecified atom stereocenters. The molecule has 1 aliphatic rings. The highest BCUT2D eigenvalue weighted by Gasteiger charge is 2.36. The zero-order valence-electron chi connectivity index (χ0n) is 10.9. The largest absolute Gasteiger partial charge is 0.390 e. The normalized spacial score (nSPS) is 22.7. The van der Waals surface area contributed by atoms with Crippen LogP contribution in [0.15, 0.2) is 24.3 Å². The lowest BCUT2D eigenvalue weighted by atomic mass is 10.0. The molecule has 4 heteroatoms. The summed E-state index contributed by atoms with van der Waals surface area (Å²) >= 11 is 0. The van der Waals surface area contributed by atoms with Gasteiger partial charge in [-0.25, -0.2) is 0 Å². The fraction of sp³-hybridized carbons (Fsp3) is 0.500. The van der Waals surface area contributed by atoms with Crippen molar-refractivity contribution in [3.63, 3.8) is 0 Å². The van der Waals surface area contributed by atoms with Crippen LogP contribution in [0, 0.1) is 0 Å². The van der Waals surface area contributed by atoms with Gasteiger partial charge in [0.25, 0.3) is 5.91 Å². The lowest BCUT2D eigenvalue weighted by Crippen LogP contribution is -2.46. The molecule has 1 aromatic carbocycles. The van der Waals surface area contributed by atoms with Crippen molar-refractivity contribution in [3.8, 4) is 0 Å². The Morgan fingerprint density at radius 3 is 2.78 bits per heavy atom. The van der Waals surface area contributed by atoms with Crippen LogP contribution in [0.4, 0.5) is 0 Å². The summed E-state index contributed by atoms with van der Waals surface area (Å²) in [6.45, 7) is 3.41. The van der Waals surface area contributed by atoms with Crippen LogP contribution in [-0.4, -0.2) is 29.8 Å². The number of aliphatic hydroxyl groups excluding tert-OH is 1. The monoisotopic (exact) mass is 249 g/mol. The average Bonchev–Trinajstić information content (AvgIpc) is 2.66. The van der Waals surface area contributed by atoms with Gasteiger partial charge >= 0.3 is 0 Å². The molecule has 0 bridgehead atoms. The Morgan fingerprint density at radius 2 is 2.11 bits per heavy atom. The maximum Gasteiger partial charge on any atom is 0.252 e. The molecule has 0 heterocycles. The number of fused-ring (bicyclic) bond motifs is 1. The zero-order chi connectivity index (χ0) is 13.3. The van der Waals surface area contributed by atoms with E-state index in [4.69, 9.17) is 4.74 Å². The quantitative estimate of drug-likeness (QED) is 0.846. The molecule has 1 amide bonds. The van der Waals surface area contributed by atoms with E-state index in [1.54, 1.807) is 13.8 Å². The molecule has 2 atom stereocenters. The Hall–Kier alpha value is -1.39. The summed E-state index contributed by atoms with van der Waals surface area (Å²) in [6.07, 6.45) is 0.00754. The lowest BCUT2D eigenvalue weighted by molar-refractivity contribution is -0.141. The molecule has 18 heavy (non-hydrogen) atoms. The first-order valence-corrected chi connectivity index (χ1v) is 6.07. The van der Waals surface area contributed by atoms with Crippen molar-refractivity contribution in [3.05, 3.63) is 35.4 Å². The van der Waals surface area contributed by atoms with E-state index in [9.17, 15) is 9.90 Å². The topological polar surface area (TPSA) is 58.6 Å². The first-order chi connectivity index (χ1) is 8.45. The van der Waals surface area contributed by atoms with Crippen LogP contribution in [-0.2, 0) is 16.0 Å². The van der Waals surface area contributed by atoms with Gasteiger partial charge in [0.1, 0.15) is 5.60 Å². The van der Waals surface area contributed by atoms with Crippen LogP contribution < -0.4 is 5.32 Å². The third-order valence-corrected chi connectivity index (χ3v) is 3.55. The minimum absolute atomic E-state index is 0.217. The summed E-state index contributed by atoms with van der Waals surface area (Å²) in [4.78, 5) is 12.1. The van der Waals surface area contributed by atoms with E-state index in [1.165, 1.54) is 7.11 Å². The molecule has 0 radical (unpaired) electrons. The Bertz CT molecular complexity index is 456. The summed E-state index contributed by atoms with van der Waals surface area (Å²) in [5, 5.41) is 12.9. The highest BCUT2D eigenvalue weighted by molar-refractivity contribution is 5.84. The Morgan fingerprint density at radius 1 is 1.44 bits per heavy atom. The number of methoxy groups -OCH3 is 1. The van der Waals surface area contributed by atoms with Crippen LogP contribution >= 0.6 is 0 Å². The minimum atomic E-state index is -0.892. The number of aliphatic hydroxyl groups is 1. The van der Waals surface area contributed by atoms with Gasteiger partial charge in [-0.15, -0.1) is 0 Å². The summed E-state index contributed by atoms with van der Waals surface area (Å²) in [5.74, 6) is -0.217. The van der Waals surface area contributed by atoms with Gasteiger partial charge in [-0.05, 0) is 25.0 Å². The van der Waals surface area contributed by atoms with Crippen LogP contribution in [0.1, 0.15) is 31.0 Å². The number of benzene rings is 1. The second-order valence-electron chi connectivity index (χ2n) is 5.14. The molecular weight excluding hydrogens is 230 g/mol. The SMILES string of the molecule is COC(C)(C)C(=O)N[C@H]1c2ccccc2C[C@H]1O.